The Kier molecular flexibility index (Phi) is 6.80. The maximum absolute atomic E-state index is 12.8. The molecule has 0 saturated carbocycles. The molecule has 2 N–H and O–H groups in total. The Morgan fingerprint density at radius 3 is 2.42 bits per heavy atom. The molecule has 24 heavy (non-hydrogen) atoms. The highest BCUT2D eigenvalue weighted by Gasteiger charge is 2.35. The van der Waals surface area contributed by atoms with Crippen LogP contribution in [0.4, 0.5) is 5.69 Å². The predicted molar refractivity (Wildman–Crippen MR) is 91.1 cm³/mol. The minimum Gasteiger partial charge on any atom is -0.493 e. The first kappa shape index (κ1) is 20.0. The molecule has 1 amide bonds. The lowest BCUT2D eigenvalue weighted by molar-refractivity contribution is -0.385. The number of nitro groups is 1. The van der Waals surface area contributed by atoms with E-state index in [1.165, 1.54) is 26.4 Å². The van der Waals surface area contributed by atoms with Crippen LogP contribution in [0.15, 0.2) is 12.1 Å². The third-order valence-electron chi connectivity index (χ3n) is 4.18. The van der Waals surface area contributed by atoms with Gasteiger partial charge in [0.2, 0.25) is 0 Å². The van der Waals surface area contributed by atoms with Crippen molar-refractivity contribution in [2.24, 2.45) is 11.7 Å². The van der Waals surface area contributed by atoms with E-state index in [0.717, 1.165) is 6.42 Å². The molecule has 1 aromatic carbocycles. The van der Waals surface area contributed by atoms with E-state index in [1.807, 2.05) is 6.92 Å². The maximum atomic E-state index is 12.8. The topological polar surface area (TPSA) is 108 Å². The van der Waals surface area contributed by atoms with E-state index < -0.39 is 4.92 Å². The van der Waals surface area contributed by atoms with Gasteiger partial charge in [-0.25, -0.2) is 0 Å². The number of nitrogens with zero attached hydrogens (tertiary/aromatic N) is 2. The van der Waals surface area contributed by atoms with Crippen molar-refractivity contribution in [1.29, 1.82) is 0 Å². The number of ether oxygens (including phenoxy) is 2. The van der Waals surface area contributed by atoms with Crippen LogP contribution in [-0.4, -0.2) is 49.1 Å². The molecule has 8 nitrogen and oxygen atoms in total. The third-order valence-corrected chi connectivity index (χ3v) is 4.18. The van der Waals surface area contributed by atoms with E-state index in [0.29, 0.717) is 13.1 Å². The van der Waals surface area contributed by atoms with Crippen molar-refractivity contribution in [3.63, 3.8) is 0 Å². The number of likely N-dealkylation sites (tertiary alicyclic amines) is 1. The Labute approximate surface area is 146 Å². The molecule has 9 heteroatoms. The van der Waals surface area contributed by atoms with Crippen LogP contribution in [-0.2, 0) is 0 Å². The molecule has 1 aliphatic heterocycles. The molecule has 1 saturated heterocycles. The molecule has 2 unspecified atom stereocenters. The number of nitro benzene ring substituents is 1. The van der Waals surface area contributed by atoms with Gasteiger partial charge in [-0.05, 0) is 25.8 Å². The first-order valence-electron chi connectivity index (χ1n) is 7.34. The highest BCUT2D eigenvalue weighted by atomic mass is 35.5. The van der Waals surface area contributed by atoms with Gasteiger partial charge >= 0.3 is 0 Å². The van der Waals surface area contributed by atoms with Crippen LogP contribution in [0.1, 0.15) is 23.7 Å². The SMILES string of the molecule is COc1cc(C(=O)N2CC(CN)CC2C)c([N+](=O)[O-])cc1OC.Cl. The van der Waals surface area contributed by atoms with Gasteiger partial charge in [0.15, 0.2) is 11.5 Å². The zero-order valence-corrected chi connectivity index (χ0v) is 14.7. The van der Waals surface area contributed by atoms with Crippen LogP contribution in [0.3, 0.4) is 0 Å². The molecule has 2 rings (SSSR count). The molecule has 0 radical (unpaired) electrons. The fourth-order valence-corrected chi connectivity index (χ4v) is 2.94. The predicted octanol–water partition coefficient (Wildman–Crippen LogP) is 1.84. The van der Waals surface area contributed by atoms with E-state index in [-0.39, 0.29) is 53.0 Å². The molecule has 1 aliphatic rings. The van der Waals surface area contributed by atoms with Crippen molar-refractivity contribution in [2.75, 3.05) is 27.3 Å². The summed E-state index contributed by atoms with van der Waals surface area (Å²) in [4.78, 5) is 25.2. The van der Waals surface area contributed by atoms with Gasteiger partial charge in [0.25, 0.3) is 11.6 Å². The smallest absolute Gasteiger partial charge is 0.286 e. The summed E-state index contributed by atoms with van der Waals surface area (Å²) in [5, 5.41) is 11.3. The summed E-state index contributed by atoms with van der Waals surface area (Å²) in [6, 6.07) is 2.57. The largest absolute Gasteiger partial charge is 0.493 e. The summed E-state index contributed by atoms with van der Waals surface area (Å²) in [7, 11) is 2.80. The van der Waals surface area contributed by atoms with Crippen molar-refractivity contribution in [3.8, 4) is 11.5 Å². The average Bonchev–Trinajstić information content (AvgIpc) is 2.93. The second kappa shape index (κ2) is 8.16. The van der Waals surface area contributed by atoms with Gasteiger partial charge in [0, 0.05) is 18.7 Å². The molecule has 1 fully saturated rings. The molecule has 0 spiro atoms. The zero-order valence-electron chi connectivity index (χ0n) is 13.9. The number of rotatable bonds is 5. The van der Waals surface area contributed by atoms with Crippen LogP contribution in [0, 0.1) is 16.0 Å². The summed E-state index contributed by atoms with van der Waals surface area (Å²) >= 11 is 0. The molecule has 2 atom stereocenters. The van der Waals surface area contributed by atoms with Gasteiger partial charge in [-0.3, -0.25) is 14.9 Å². The van der Waals surface area contributed by atoms with Gasteiger partial charge in [-0.1, -0.05) is 0 Å². The Bertz CT molecular complexity index is 625. The van der Waals surface area contributed by atoms with E-state index in [4.69, 9.17) is 15.2 Å². The lowest BCUT2D eigenvalue weighted by atomic mass is 10.1. The molecular weight excluding hydrogens is 338 g/mol. The lowest BCUT2D eigenvalue weighted by Gasteiger charge is -2.22. The minimum atomic E-state index is -0.587. The lowest BCUT2D eigenvalue weighted by Crippen LogP contribution is -2.34. The number of nitrogens with two attached hydrogens (primary N) is 1. The summed E-state index contributed by atoms with van der Waals surface area (Å²) < 4.78 is 10.2. The van der Waals surface area contributed by atoms with Crippen molar-refractivity contribution >= 4 is 24.0 Å². The molecule has 1 heterocycles. The third kappa shape index (κ3) is 3.70. The first-order chi connectivity index (χ1) is 10.9. The Balaban J connectivity index is 0.00000288. The van der Waals surface area contributed by atoms with Gasteiger partial charge < -0.3 is 20.1 Å². The van der Waals surface area contributed by atoms with Gasteiger partial charge in [0.05, 0.1) is 25.2 Å². The first-order valence-corrected chi connectivity index (χ1v) is 7.34. The van der Waals surface area contributed by atoms with E-state index >= 15 is 0 Å². The molecule has 0 aromatic heterocycles. The van der Waals surface area contributed by atoms with Crippen molar-refractivity contribution < 1.29 is 19.2 Å². The zero-order chi connectivity index (χ0) is 17.1. The van der Waals surface area contributed by atoms with E-state index in [9.17, 15) is 14.9 Å². The number of carbonyl (C=O) groups excluding carboxylic acids is 1. The van der Waals surface area contributed by atoms with Crippen LogP contribution in [0.5, 0.6) is 11.5 Å². The number of hydrogen-bond acceptors (Lipinski definition) is 6. The molecule has 0 aliphatic carbocycles. The van der Waals surface area contributed by atoms with Crippen LogP contribution < -0.4 is 15.2 Å². The number of hydrogen-bond donors (Lipinski definition) is 1. The van der Waals surface area contributed by atoms with E-state index in [2.05, 4.69) is 0 Å². The van der Waals surface area contributed by atoms with Crippen molar-refractivity contribution in [3.05, 3.63) is 27.8 Å². The monoisotopic (exact) mass is 359 g/mol. The number of benzene rings is 1. The quantitative estimate of drug-likeness (QED) is 0.634. The number of methoxy groups -OCH3 is 2. The fourth-order valence-electron chi connectivity index (χ4n) is 2.94. The minimum absolute atomic E-state index is 0. The summed E-state index contributed by atoms with van der Waals surface area (Å²) in [5.74, 6) is 0.322. The van der Waals surface area contributed by atoms with Crippen molar-refractivity contribution in [2.45, 2.75) is 19.4 Å². The van der Waals surface area contributed by atoms with Gasteiger partial charge in [-0.15, -0.1) is 12.4 Å². The van der Waals surface area contributed by atoms with Gasteiger partial charge in [0.1, 0.15) is 5.56 Å². The number of halogens is 1. The number of carbonyl (C=O) groups is 1. The van der Waals surface area contributed by atoms with Crippen LogP contribution in [0.25, 0.3) is 0 Å². The molecule has 1 aromatic rings. The summed E-state index contributed by atoms with van der Waals surface area (Å²) in [6.45, 7) is 2.91. The van der Waals surface area contributed by atoms with Crippen LogP contribution >= 0.6 is 12.4 Å². The summed E-state index contributed by atoms with van der Waals surface area (Å²) in [6.07, 6.45) is 0.795. The Hall–Kier alpha value is -2.06. The molecule has 134 valence electrons. The fraction of sp³-hybridized carbons (Fsp3) is 0.533. The summed E-state index contributed by atoms with van der Waals surface area (Å²) in [5.41, 5.74) is 5.38. The van der Waals surface area contributed by atoms with E-state index in [1.54, 1.807) is 4.90 Å². The highest BCUT2D eigenvalue weighted by Crippen LogP contribution is 2.36. The standard InChI is InChI=1S/C15H21N3O5.ClH/c1-9-4-10(7-16)8-17(9)15(19)11-5-13(22-2)14(23-3)6-12(11)18(20)21;/h5-6,9-10H,4,7-8,16H2,1-3H3;1H. The van der Waals surface area contributed by atoms with Gasteiger partial charge in [-0.2, -0.15) is 0 Å². The second-order valence-corrected chi connectivity index (χ2v) is 5.63. The highest BCUT2D eigenvalue weighted by molar-refractivity contribution is 5.99. The average molecular weight is 360 g/mol. The Morgan fingerprint density at radius 2 is 1.96 bits per heavy atom. The number of amides is 1. The molecular formula is C15H22ClN3O5. The Morgan fingerprint density at radius 1 is 1.38 bits per heavy atom. The molecule has 0 bridgehead atoms. The van der Waals surface area contributed by atoms with Crippen molar-refractivity contribution in [1.82, 2.24) is 4.90 Å². The van der Waals surface area contributed by atoms with Crippen LogP contribution in [0.2, 0.25) is 0 Å². The second-order valence-electron chi connectivity index (χ2n) is 5.63. The normalized spacial score (nSPS) is 19.6. The maximum Gasteiger partial charge on any atom is 0.286 e.